The minimum atomic E-state index is -0.361. The van der Waals surface area contributed by atoms with Crippen LogP contribution in [0.5, 0.6) is 11.5 Å². The molecule has 3 aromatic rings. The van der Waals surface area contributed by atoms with Crippen LogP contribution in [0.1, 0.15) is 11.1 Å². The summed E-state index contributed by atoms with van der Waals surface area (Å²) < 4.78 is 24.2. The lowest BCUT2D eigenvalue weighted by Gasteiger charge is -2.30. The van der Waals surface area contributed by atoms with E-state index in [4.69, 9.17) is 18.9 Å². The first kappa shape index (κ1) is 19.0. The fraction of sp³-hybridized carbons (Fsp3) is 0.304. The van der Waals surface area contributed by atoms with Gasteiger partial charge in [-0.25, -0.2) is 0 Å². The van der Waals surface area contributed by atoms with Crippen LogP contribution >= 0.6 is 11.3 Å². The van der Waals surface area contributed by atoms with Crippen LogP contribution in [0.2, 0.25) is 0 Å². The van der Waals surface area contributed by atoms with E-state index in [1.165, 1.54) is 0 Å². The average molecular weight is 397 g/mol. The second kappa shape index (κ2) is 9.24. The summed E-state index contributed by atoms with van der Waals surface area (Å²) in [4.78, 5) is 0. The molecule has 0 N–H and O–H groups in total. The number of thiophene rings is 1. The number of benzene rings is 2. The fourth-order valence-electron chi connectivity index (χ4n) is 3.12. The molecule has 0 fully saturated rings. The molecule has 0 bridgehead atoms. The molecule has 1 aliphatic rings. The Bertz CT molecular complexity index is 777. The van der Waals surface area contributed by atoms with Crippen LogP contribution in [0.15, 0.2) is 71.4 Å². The molecule has 28 heavy (non-hydrogen) atoms. The molecule has 146 valence electrons. The van der Waals surface area contributed by atoms with Crippen LogP contribution in [0, 0.1) is 5.41 Å². The lowest BCUT2D eigenvalue weighted by molar-refractivity contribution is -0.0675. The summed E-state index contributed by atoms with van der Waals surface area (Å²) >= 11 is 1.58. The lowest BCUT2D eigenvalue weighted by Crippen LogP contribution is -2.42. The van der Waals surface area contributed by atoms with Gasteiger partial charge >= 0.3 is 0 Å². The van der Waals surface area contributed by atoms with E-state index in [9.17, 15) is 0 Å². The monoisotopic (exact) mass is 396 g/mol. The normalized spacial score (nSPS) is 15.1. The first-order valence-electron chi connectivity index (χ1n) is 9.38. The van der Waals surface area contributed by atoms with Gasteiger partial charge in [-0.3, -0.25) is 0 Å². The first-order valence-corrected chi connectivity index (χ1v) is 10.3. The molecule has 0 atom stereocenters. The van der Waals surface area contributed by atoms with E-state index in [1.807, 2.05) is 47.2 Å². The van der Waals surface area contributed by atoms with E-state index in [2.05, 4.69) is 24.3 Å². The zero-order chi connectivity index (χ0) is 19.1. The summed E-state index contributed by atoms with van der Waals surface area (Å²) in [5.74, 6) is 1.61. The third-order valence-electron chi connectivity index (χ3n) is 4.70. The third-order valence-corrected chi connectivity index (χ3v) is 5.40. The molecule has 0 saturated heterocycles. The highest BCUT2D eigenvalue weighted by Crippen LogP contribution is 2.37. The zero-order valence-corrected chi connectivity index (χ0v) is 16.5. The van der Waals surface area contributed by atoms with Crippen molar-refractivity contribution in [2.75, 3.05) is 26.4 Å². The van der Waals surface area contributed by atoms with E-state index in [-0.39, 0.29) is 5.41 Å². The molecule has 0 amide bonds. The largest absolute Gasteiger partial charge is 0.488 e. The van der Waals surface area contributed by atoms with Crippen molar-refractivity contribution in [3.63, 3.8) is 0 Å². The highest BCUT2D eigenvalue weighted by atomic mass is 32.1. The second-order valence-electron chi connectivity index (χ2n) is 7.13. The summed E-state index contributed by atoms with van der Waals surface area (Å²) in [7, 11) is 0. The number of hydrogen-bond acceptors (Lipinski definition) is 5. The molecule has 1 aliphatic heterocycles. The van der Waals surface area contributed by atoms with Crippen molar-refractivity contribution in [1.82, 2.24) is 0 Å². The van der Waals surface area contributed by atoms with Crippen LogP contribution in [0.3, 0.4) is 0 Å². The molecule has 0 saturated carbocycles. The molecule has 0 radical (unpaired) electrons. The molecule has 0 unspecified atom stereocenters. The highest BCUT2D eigenvalue weighted by molar-refractivity contribution is 7.08. The maximum absolute atomic E-state index is 6.06. The molecule has 4 rings (SSSR count). The molecule has 5 heteroatoms. The standard InChI is InChI=1S/C23H24O4S/c1-3-7-19(8-4-1)11-24-15-23(16-25-12-20-9-5-2-6-10-20)17-26-21-13-28-14-22(21)27-18-23/h1-10,13-14H,11-12,15-18H2. The van der Waals surface area contributed by atoms with Crippen LogP contribution in [0.25, 0.3) is 0 Å². The Labute approximate surface area is 169 Å². The van der Waals surface area contributed by atoms with Gasteiger partial charge in [-0.05, 0) is 11.1 Å². The summed E-state index contributed by atoms with van der Waals surface area (Å²) in [5.41, 5.74) is 1.94. The van der Waals surface area contributed by atoms with E-state index in [0.29, 0.717) is 39.6 Å². The minimum absolute atomic E-state index is 0.361. The van der Waals surface area contributed by atoms with E-state index >= 15 is 0 Å². The van der Waals surface area contributed by atoms with Crippen molar-refractivity contribution >= 4 is 11.3 Å². The minimum Gasteiger partial charge on any atom is -0.488 e. The van der Waals surface area contributed by atoms with Crippen LogP contribution in [-0.2, 0) is 22.7 Å². The number of hydrogen-bond donors (Lipinski definition) is 0. The number of fused-ring (bicyclic) bond motifs is 1. The third kappa shape index (κ3) is 4.93. The van der Waals surface area contributed by atoms with E-state index in [1.54, 1.807) is 11.3 Å². The molecule has 4 nitrogen and oxygen atoms in total. The van der Waals surface area contributed by atoms with E-state index < -0.39 is 0 Å². The molecular formula is C23H24O4S. The molecule has 1 aromatic heterocycles. The number of ether oxygens (including phenoxy) is 4. The van der Waals surface area contributed by atoms with Gasteiger partial charge < -0.3 is 18.9 Å². The molecule has 0 spiro atoms. The van der Waals surface area contributed by atoms with Gasteiger partial charge in [0.1, 0.15) is 13.2 Å². The summed E-state index contributed by atoms with van der Waals surface area (Å²) in [6.07, 6.45) is 0. The molecule has 2 aromatic carbocycles. The van der Waals surface area contributed by atoms with Crippen LogP contribution in [-0.4, -0.2) is 26.4 Å². The van der Waals surface area contributed by atoms with Crippen molar-refractivity contribution < 1.29 is 18.9 Å². The Morgan fingerprint density at radius 1 is 0.714 bits per heavy atom. The molecule has 0 aliphatic carbocycles. The maximum atomic E-state index is 6.06. The Morgan fingerprint density at radius 2 is 1.18 bits per heavy atom. The van der Waals surface area contributed by atoms with Gasteiger partial charge in [0.2, 0.25) is 0 Å². The predicted molar refractivity (Wildman–Crippen MR) is 110 cm³/mol. The lowest BCUT2D eigenvalue weighted by atomic mass is 9.92. The van der Waals surface area contributed by atoms with Gasteiger partial charge in [-0.15, -0.1) is 11.3 Å². The summed E-state index contributed by atoms with van der Waals surface area (Å²) in [6, 6.07) is 20.4. The number of rotatable bonds is 8. The maximum Gasteiger partial charge on any atom is 0.171 e. The van der Waals surface area contributed by atoms with Crippen LogP contribution < -0.4 is 9.47 Å². The quantitative estimate of drug-likeness (QED) is 0.540. The van der Waals surface area contributed by atoms with Crippen molar-refractivity contribution in [2.45, 2.75) is 13.2 Å². The smallest absolute Gasteiger partial charge is 0.171 e. The SMILES string of the molecule is c1ccc(COCC2(COCc3ccccc3)COc3cscc3OC2)cc1. The highest BCUT2D eigenvalue weighted by Gasteiger charge is 2.36. The van der Waals surface area contributed by atoms with Gasteiger partial charge in [0.15, 0.2) is 11.5 Å². The van der Waals surface area contributed by atoms with Gasteiger partial charge in [0, 0.05) is 10.8 Å². The zero-order valence-electron chi connectivity index (χ0n) is 15.7. The van der Waals surface area contributed by atoms with Gasteiger partial charge in [-0.1, -0.05) is 60.7 Å². The predicted octanol–water partition coefficient (Wildman–Crippen LogP) is 4.94. The first-order chi connectivity index (χ1) is 13.8. The summed E-state index contributed by atoms with van der Waals surface area (Å²) in [5, 5.41) is 3.95. The Kier molecular flexibility index (Phi) is 6.27. The van der Waals surface area contributed by atoms with Gasteiger partial charge in [0.25, 0.3) is 0 Å². The van der Waals surface area contributed by atoms with Crippen molar-refractivity contribution in [3.05, 3.63) is 82.6 Å². The van der Waals surface area contributed by atoms with Crippen LogP contribution in [0.4, 0.5) is 0 Å². The molecular weight excluding hydrogens is 372 g/mol. The second-order valence-corrected chi connectivity index (χ2v) is 7.88. The Balaban J connectivity index is 1.39. The fourth-order valence-corrected chi connectivity index (χ4v) is 3.80. The van der Waals surface area contributed by atoms with Gasteiger partial charge in [0.05, 0.1) is 31.8 Å². The van der Waals surface area contributed by atoms with E-state index in [0.717, 1.165) is 22.6 Å². The summed E-state index contributed by atoms with van der Waals surface area (Å²) in [6.45, 7) is 3.13. The molecule has 2 heterocycles. The van der Waals surface area contributed by atoms with Crippen molar-refractivity contribution in [2.24, 2.45) is 5.41 Å². The average Bonchev–Trinajstić information content (AvgIpc) is 3.13. The van der Waals surface area contributed by atoms with Crippen molar-refractivity contribution in [3.8, 4) is 11.5 Å². The Hall–Kier alpha value is -2.34. The van der Waals surface area contributed by atoms with Gasteiger partial charge in [-0.2, -0.15) is 0 Å². The Morgan fingerprint density at radius 3 is 1.64 bits per heavy atom. The van der Waals surface area contributed by atoms with Crippen molar-refractivity contribution in [1.29, 1.82) is 0 Å². The topological polar surface area (TPSA) is 36.9 Å².